The monoisotopic (exact) mass is 261 g/mol. The maximum Gasteiger partial charge on any atom is 0.244 e. The molecule has 0 fully saturated rings. The molecule has 0 aromatic carbocycles. The van der Waals surface area contributed by atoms with Crippen molar-refractivity contribution in [2.75, 3.05) is 6.54 Å². The molecule has 7 heteroatoms. The van der Waals surface area contributed by atoms with Gasteiger partial charge in [0.15, 0.2) is 0 Å². The summed E-state index contributed by atoms with van der Waals surface area (Å²) < 4.78 is 28.0. The molecule has 2 N–H and O–H groups in total. The predicted molar refractivity (Wildman–Crippen MR) is 64.2 cm³/mol. The van der Waals surface area contributed by atoms with Crippen LogP contribution in [0.1, 0.15) is 24.7 Å². The Morgan fingerprint density at radius 3 is 2.47 bits per heavy atom. The number of nitrogens with zero attached hydrogens (tertiary/aromatic N) is 2. The molecule has 1 aromatic rings. The Hall–Kier alpha value is -0.920. The van der Waals surface area contributed by atoms with Gasteiger partial charge in [0.05, 0.1) is 17.5 Å². The molecule has 0 amide bonds. The number of hydrogen-bond acceptors (Lipinski definition) is 4. The number of aliphatic hydroxyl groups is 1. The van der Waals surface area contributed by atoms with Gasteiger partial charge in [-0.25, -0.2) is 13.1 Å². The Labute approximate surface area is 102 Å². The summed E-state index contributed by atoms with van der Waals surface area (Å²) in [7, 11) is -1.90. The summed E-state index contributed by atoms with van der Waals surface area (Å²) in [6.45, 7) is 5.16. The average molecular weight is 261 g/mol. The first-order valence-electron chi connectivity index (χ1n) is 5.47. The average Bonchev–Trinajstić information content (AvgIpc) is 2.50. The standard InChI is InChI=1S/C10H19N3O3S/c1-5-9(14)6-11-17(15,16)10-7(2)12-13(4)8(10)3/h9,11,14H,5-6H2,1-4H3. The molecule has 1 aromatic heterocycles. The van der Waals surface area contributed by atoms with Gasteiger partial charge in [0.2, 0.25) is 10.0 Å². The molecule has 0 radical (unpaired) electrons. The highest BCUT2D eigenvalue weighted by Gasteiger charge is 2.23. The Bertz CT molecular complexity index is 493. The Morgan fingerprint density at radius 1 is 1.47 bits per heavy atom. The number of sulfonamides is 1. The van der Waals surface area contributed by atoms with E-state index in [1.807, 2.05) is 0 Å². The highest BCUT2D eigenvalue weighted by atomic mass is 32.2. The largest absolute Gasteiger partial charge is 0.392 e. The van der Waals surface area contributed by atoms with E-state index < -0.39 is 16.1 Å². The highest BCUT2D eigenvalue weighted by molar-refractivity contribution is 7.89. The van der Waals surface area contributed by atoms with Crippen LogP contribution < -0.4 is 4.72 Å². The second kappa shape index (κ2) is 5.16. The molecule has 0 aliphatic carbocycles. The van der Waals surface area contributed by atoms with E-state index in [0.29, 0.717) is 17.8 Å². The fraction of sp³-hybridized carbons (Fsp3) is 0.700. The number of aromatic nitrogens is 2. The van der Waals surface area contributed by atoms with Gasteiger partial charge in [-0.1, -0.05) is 6.92 Å². The third-order valence-electron chi connectivity index (χ3n) is 2.69. The van der Waals surface area contributed by atoms with E-state index in [1.165, 1.54) is 4.68 Å². The smallest absolute Gasteiger partial charge is 0.244 e. The normalized spacial score (nSPS) is 13.9. The summed E-state index contributed by atoms with van der Waals surface area (Å²) in [6.07, 6.45) is -0.157. The maximum absolute atomic E-state index is 12.0. The zero-order chi connectivity index (χ0) is 13.2. The lowest BCUT2D eigenvalue weighted by atomic mass is 10.3. The molecular formula is C10H19N3O3S. The minimum absolute atomic E-state index is 0.0204. The van der Waals surface area contributed by atoms with Crippen LogP contribution in [0.2, 0.25) is 0 Å². The summed E-state index contributed by atoms with van der Waals surface area (Å²) in [5.41, 5.74) is 1.05. The van der Waals surface area contributed by atoms with Crippen molar-refractivity contribution < 1.29 is 13.5 Å². The van der Waals surface area contributed by atoms with Crippen molar-refractivity contribution in [3.63, 3.8) is 0 Å². The van der Waals surface area contributed by atoms with E-state index in [9.17, 15) is 13.5 Å². The molecule has 0 saturated heterocycles. The van der Waals surface area contributed by atoms with Gasteiger partial charge in [-0.05, 0) is 20.3 Å². The van der Waals surface area contributed by atoms with Crippen LogP contribution in [-0.4, -0.2) is 36.0 Å². The van der Waals surface area contributed by atoms with Gasteiger partial charge in [0, 0.05) is 13.6 Å². The number of rotatable bonds is 5. The molecule has 0 saturated carbocycles. The SMILES string of the molecule is CCC(O)CNS(=O)(=O)c1c(C)nn(C)c1C. The van der Waals surface area contributed by atoms with Crippen LogP contribution in [0.5, 0.6) is 0 Å². The lowest BCUT2D eigenvalue weighted by Crippen LogP contribution is -2.32. The third kappa shape index (κ3) is 3.05. The Balaban J connectivity index is 2.98. The number of nitrogens with one attached hydrogen (secondary N) is 1. The molecule has 98 valence electrons. The fourth-order valence-corrected chi connectivity index (χ4v) is 3.07. The summed E-state index contributed by atoms with van der Waals surface area (Å²) in [5.74, 6) is 0. The van der Waals surface area contributed by atoms with Crippen molar-refractivity contribution >= 4 is 10.0 Å². The first-order chi connectivity index (χ1) is 7.79. The minimum Gasteiger partial charge on any atom is -0.392 e. The molecular weight excluding hydrogens is 242 g/mol. The van der Waals surface area contributed by atoms with Gasteiger partial charge < -0.3 is 5.11 Å². The number of aliphatic hydroxyl groups excluding tert-OH is 1. The van der Waals surface area contributed by atoms with Gasteiger partial charge in [0.1, 0.15) is 4.90 Å². The number of aryl methyl sites for hydroxylation is 2. The van der Waals surface area contributed by atoms with E-state index >= 15 is 0 Å². The van der Waals surface area contributed by atoms with Gasteiger partial charge >= 0.3 is 0 Å². The molecule has 0 aliphatic heterocycles. The fourth-order valence-electron chi connectivity index (χ4n) is 1.57. The van der Waals surface area contributed by atoms with Gasteiger partial charge in [-0.3, -0.25) is 4.68 Å². The molecule has 0 spiro atoms. The summed E-state index contributed by atoms with van der Waals surface area (Å²) >= 11 is 0. The molecule has 1 atom stereocenters. The molecule has 0 bridgehead atoms. The second-order valence-electron chi connectivity index (χ2n) is 4.04. The molecule has 1 heterocycles. The first-order valence-corrected chi connectivity index (χ1v) is 6.95. The van der Waals surface area contributed by atoms with Crippen molar-refractivity contribution in [3.05, 3.63) is 11.4 Å². The molecule has 17 heavy (non-hydrogen) atoms. The van der Waals surface area contributed by atoms with E-state index in [4.69, 9.17) is 0 Å². The van der Waals surface area contributed by atoms with Crippen molar-refractivity contribution in [1.29, 1.82) is 0 Å². The van der Waals surface area contributed by atoms with E-state index in [2.05, 4.69) is 9.82 Å². The Morgan fingerprint density at radius 2 is 2.06 bits per heavy atom. The Kier molecular flexibility index (Phi) is 4.29. The lowest BCUT2D eigenvalue weighted by Gasteiger charge is -2.10. The maximum atomic E-state index is 12.0. The van der Waals surface area contributed by atoms with Crippen molar-refractivity contribution in [2.45, 2.75) is 38.2 Å². The van der Waals surface area contributed by atoms with Crippen LogP contribution in [0.15, 0.2) is 4.90 Å². The van der Waals surface area contributed by atoms with Gasteiger partial charge in [-0.2, -0.15) is 5.10 Å². The molecule has 1 rings (SSSR count). The quantitative estimate of drug-likeness (QED) is 0.786. The van der Waals surface area contributed by atoms with Crippen LogP contribution in [0.3, 0.4) is 0 Å². The highest BCUT2D eigenvalue weighted by Crippen LogP contribution is 2.18. The molecule has 6 nitrogen and oxygen atoms in total. The summed E-state index contributed by atoms with van der Waals surface area (Å²) in [6, 6.07) is 0. The minimum atomic E-state index is -3.60. The summed E-state index contributed by atoms with van der Waals surface area (Å²) in [5, 5.41) is 13.4. The number of hydrogen-bond donors (Lipinski definition) is 2. The molecule has 1 unspecified atom stereocenters. The van der Waals surface area contributed by atoms with Crippen molar-refractivity contribution in [2.24, 2.45) is 7.05 Å². The predicted octanol–water partition coefficient (Wildman–Crippen LogP) is 0.0861. The topological polar surface area (TPSA) is 84.2 Å². The zero-order valence-corrected chi connectivity index (χ0v) is 11.4. The van der Waals surface area contributed by atoms with Crippen LogP contribution in [0, 0.1) is 13.8 Å². The van der Waals surface area contributed by atoms with Gasteiger partial charge in [0.25, 0.3) is 0 Å². The van der Waals surface area contributed by atoms with Crippen LogP contribution in [0.4, 0.5) is 0 Å². The third-order valence-corrected chi connectivity index (χ3v) is 4.37. The second-order valence-corrected chi connectivity index (χ2v) is 5.74. The lowest BCUT2D eigenvalue weighted by molar-refractivity contribution is 0.174. The van der Waals surface area contributed by atoms with Crippen LogP contribution in [0.25, 0.3) is 0 Å². The zero-order valence-electron chi connectivity index (χ0n) is 10.6. The first kappa shape index (κ1) is 14.1. The summed E-state index contributed by atoms with van der Waals surface area (Å²) in [4.78, 5) is 0.198. The van der Waals surface area contributed by atoms with Crippen LogP contribution >= 0.6 is 0 Å². The van der Waals surface area contributed by atoms with Gasteiger partial charge in [-0.15, -0.1) is 0 Å². The van der Waals surface area contributed by atoms with E-state index in [0.717, 1.165) is 0 Å². The van der Waals surface area contributed by atoms with Crippen molar-refractivity contribution in [1.82, 2.24) is 14.5 Å². The van der Waals surface area contributed by atoms with Crippen molar-refractivity contribution in [3.8, 4) is 0 Å². The van der Waals surface area contributed by atoms with Crippen LogP contribution in [-0.2, 0) is 17.1 Å². The molecule has 0 aliphatic rings. The van der Waals surface area contributed by atoms with E-state index in [1.54, 1.807) is 27.8 Å². The van der Waals surface area contributed by atoms with E-state index in [-0.39, 0.29) is 11.4 Å².